The van der Waals surface area contributed by atoms with Crippen LogP contribution in [0.15, 0.2) is 16.7 Å². The van der Waals surface area contributed by atoms with Gasteiger partial charge in [0, 0.05) is 11.0 Å². The number of carbonyl (C=O) groups is 1. The molecule has 0 aliphatic carbocycles. The van der Waals surface area contributed by atoms with E-state index in [1.54, 1.807) is 12.1 Å². The maximum atomic E-state index is 12.0. The zero-order chi connectivity index (χ0) is 14.9. The Hall–Kier alpha value is -2.24. The predicted molar refractivity (Wildman–Crippen MR) is 74.7 cm³/mol. The van der Waals surface area contributed by atoms with E-state index in [0.29, 0.717) is 5.88 Å². The van der Waals surface area contributed by atoms with Crippen LogP contribution in [-0.4, -0.2) is 21.3 Å². The van der Waals surface area contributed by atoms with E-state index in [-0.39, 0.29) is 17.0 Å². The second-order valence-electron chi connectivity index (χ2n) is 5.73. The van der Waals surface area contributed by atoms with Crippen LogP contribution in [0.25, 0.3) is 0 Å². The molecule has 106 valence electrons. The van der Waals surface area contributed by atoms with Crippen LogP contribution in [0.5, 0.6) is 0 Å². The summed E-state index contributed by atoms with van der Waals surface area (Å²) in [4.78, 5) is 12.0. The summed E-state index contributed by atoms with van der Waals surface area (Å²) in [6, 6.07) is 3.46. The molecule has 2 aromatic heterocycles. The van der Waals surface area contributed by atoms with Gasteiger partial charge in [-0.1, -0.05) is 25.9 Å². The number of nitrogens with zero attached hydrogens (tertiary/aromatic N) is 3. The largest absolute Gasteiger partial charge is 0.338 e. The molecule has 0 aliphatic rings. The monoisotopic (exact) mass is 274 g/mol. The summed E-state index contributed by atoms with van der Waals surface area (Å²) in [6.45, 7) is 9.76. The average Bonchev–Trinajstić information content (AvgIpc) is 2.70. The van der Waals surface area contributed by atoms with Gasteiger partial charge in [-0.15, -0.1) is 5.10 Å². The van der Waals surface area contributed by atoms with Gasteiger partial charge in [-0.05, 0) is 26.0 Å². The molecular weight excluding hydrogens is 256 g/mol. The molecular formula is C14H18N4O2. The third kappa shape index (κ3) is 2.84. The van der Waals surface area contributed by atoms with E-state index in [1.807, 2.05) is 34.6 Å². The van der Waals surface area contributed by atoms with Crippen molar-refractivity contribution in [2.45, 2.75) is 40.0 Å². The third-order valence-electron chi connectivity index (χ3n) is 3.05. The summed E-state index contributed by atoms with van der Waals surface area (Å²) < 4.78 is 5.04. The molecule has 0 radical (unpaired) electrons. The van der Waals surface area contributed by atoms with Crippen molar-refractivity contribution in [2.75, 3.05) is 5.32 Å². The molecule has 0 atom stereocenters. The molecule has 0 saturated carbocycles. The summed E-state index contributed by atoms with van der Waals surface area (Å²) in [5.74, 6) is -0.0218. The Morgan fingerprint density at radius 3 is 2.35 bits per heavy atom. The van der Waals surface area contributed by atoms with Crippen molar-refractivity contribution in [3.63, 3.8) is 0 Å². The first kappa shape index (κ1) is 14.2. The molecule has 0 aromatic carbocycles. The summed E-state index contributed by atoms with van der Waals surface area (Å²) in [5.41, 5.74) is 2.53. The lowest BCUT2D eigenvalue weighted by Crippen LogP contribution is -2.18. The van der Waals surface area contributed by atoms with Gasteiger partial charge in [-0.2, -0.15) is 5.10 Å². The van der Waals surface area contributed by atoms with Gasteiger partial charge in [0.15, 0.2) is 5.69 Å². The van der Waals surface area contributed by atoms with E-state index in [9.17, 15) is 4.79 Å². The van der Waals surface area contributed by atoms with Crippen LogP contribution in [0, 0.1) is 13.8 Å². The molecule has 0 saturated heterocycles. The number of aromatic nitrogens is 3. The number of rotatable bonds is 2. The van der Waals surface area contributed by atoms with Crippen molar-refractivity contribution < 1.29 is 9.32 Å². The molecule has 1 amide bonds. The van der Waals surface area contributed by atoms with Crippen LogP contribution in [0.1, 0.15) is 48.2 Å². The van der Waals surface area contributed by atoms with Gasteiger partial charge in [0.1, 0.15) is 0 Å². The highest BCUT2D eigenvalue weighted by Gasteiger charge is 2.18. The third-order valence-corrected chi connectivity index (χ3v) is 3.05. The summed E-state index contributed by atoms with van der Waals surface area (Å²) in [5, 5.41) is 14.5. The normalized spacial score (nSPS) is 11.4. The fourth-order valence-electron chi connectivity index (χ4n) is 1.55. The highest BCUT2D eigenvalue weighted by molar-refractivity contribution is 6.02. The van der Waals surface area contributed by atoms with Gasteiger partial charge < -0.3 is 4.52 Å². The number of hydrogen-bond acceptors (Lipinski definition) is 5. The fourth-order valence-corrected chi connectivity index (χ4v) is 1.55. The van der Waals surface area contributed by atoms with Crippen LogP contribution >= 0.6 is 0 Å². The summed E-state index contributed by atoms with van der Waals surface area (Å²) >= 11 is 0. The first-order chi connectivity index (χ1) is 9.29. The molecule has 0 fully saturated rings. The molecule has 2 heterocycles. The lowest BCUT2D eigenvalue weighted by atomic mass is 9.92. The van der Waals surface area contributed by atoms with Crippen molar-refractivity contribution in [3.8, 4) is 0 Å². The maximum Gasteiger partial charge on any atom is 0.278 e. The molecule has 0 aliphatic heterocycles. The zero-order valence-electron chi connectivity index (χ0n) is 12.3. The van der Waals surface area contributed by atoms with Crippen molar-refractivity contribution in [3.05, 3.63) is 34.8 Å². The Morgan fingerprint density at radius 2 is 1.90 bits per heavy atom. The quantitative estimate of drug-likeness (QED) is 0.910. The second kappa shape index (κ2) is 5.03. The number of hydrogen-bond donors (Lipinski definition) is 1. The first-order valence-corrected chi connectivity index (χ1v) is 6.37. The molecule has 0 spiro atoms. The van der Waals surface area contributed by atoms with Gasteiger partial charge in [0.2, 0.25) is 5.88 Å². The van der Waals surface area contributed by atoms with E-state index in [0.717, 1.165) is 17.0 Å². The minimum atomic E-state index is -0.364. The Bertz CT molecular complexity index is 624. The molecule has 0 bridgehead atoms. The van der Waals surface area contributed by atoms with Crippen LogP contribution < -0.4 is 5.32 Å². The van der Waals surface area contributed by atoms with Crippen molar-refractivity contribution >= 4 is 11.8 Å². The standard InChI is InChI=1S/C14H18N4O2/c1-8-9(2)18-20-13(8)15-12(19)10-6-7-11(17-16-10)14(3,4)5/h6-7H,1-5H3,(H,15,19). The van der Waals surface area contributed by atoms with E-state index < -0.39 is 0 Å². The SMILES string of the molecule is Cc1noc(NC(=O)c2ccc(C(C)(C)C)nn2)c1C. The van der Waals surface area contributed by atoms with Crippen molar-refractivity contribution in [1.29, 1.82) is 0 Å². The van der Waals surface area contributed by atoms with Crippen molar-refractivity contribution in [2.24, 2.45) is 0 Å². The summed E-state index contributed by atoms with van der Waals surface area (Å²) in [7, 11) is 0. The highest BCUT2D eigenvalue weighted by atomic mass is 16.5. The minimum Gasteiger partial charge on any atom is -0.338 e. The lowest BCUT2D eigenvalue weighted by Gasteiger charge is -2.16. The van der Waals surface area contributed by atoms with Crippen LogP contribution in [0.2, 0.25) is 0 Å². The highest BCUT2D eigenvalue weighted by Crippen LogP contribution is 2.20. The number of nitrogens with one attached hydrogen (secondary N) is 1. The van der Waals surface area contributed by atoms with E-state index >= 15 is 0 Å². The average molecular weight is 274 g/mol. The first-order valence-electron chi connectivity index (χ1n) is 6.37. The van der Waals surface area contributed by atoms with Gasteiger partial charge in [0.25, 0.3) is 5.91 Å². The fraction of sp³-hybridized carbons (Fsp3) is 0.429. The van der Waals surface area contributed by atoms with Gasteiger partial charge >= 0.3 is 0 Å². The van der Waals surface area contributed by atoms with E-state index in [2.05, 4.69) is 20.7 Å². The number of carbonyl (C=O) groups excluding carboxylic acids is 1. The number of amides is 1. The van der Waals surface area contributed by atoms with Crippen LogP contribution in [0.3, 0.4) is 0 Å². The molecule has 0 unspecified atom stereocenters. The Kier molecular flexibility index (Phi) is 3.57. The number of aryl methyl sites for hydroxylation is 1. The Balaban J connectivity index is 2.16. The van der Waals surface area contributed by atoms with Gasteiger partial charge in [-0.25, -0.2) is 0 Å². The lowest BCUT2D eigenvalue weighted by molar-refractivity contribution is 0.101. The minimum absolute atomic E-state index is 0.0966. The van der Waals surface area contributed by atoms with Crippen LogP contribution in [-0.2, 0) is 5.41 Å². The molecule has 1 N–H and O–H groups in total. The molecule has 2 rings (SSSR count). The van der Waals surface area contributed by atoms with Gasteiger partial charge in [0.05, 0.1) is 11.4 Å². The van der Waals surface area contributed by atoms with E-state index in [4.69, 9.17) is 4.52 Å². The van der Waals surface area contributed by atoms with Crippen LogP contribution in [0.4, 0.5) is 5.88 Å². The Morgan fingerprint density at radius 1 is 1.20 bits per heavy atom. The van der Waals surface area contributed by atoms with E-state index in [1.165, 1.54) is 0 Å². The zero-order valence-corrected chi connectivity index (χ0v) is 12.3. The summed E-state index contributed by atoms with van der Waals surface area (Å²) in [6.07, 6.45) is 0. The number of anilines is 1. The smallest absolute Gasteiger partial charge is 0.278 e. The predicted octanol–water partition coefficient (Wildman–Crippen LogP) is 2.63. The van der Waals surface area contributed by atoms with Crippen molar-refractivity contribution in [1.82, 2.24) is 15.4 Å². The molecule has 6 heteroatoms. The molecule has 2 aromatic rings. The molecule has 20 heavy (non-hydrogen) atoms. The Labute approximate surface area is 117 Å². The molecule has 6 nitrogen and oxygen atoms in total. The topological polar surface area (TPSA) is 80.9 Å². The van der Waals surface area contributed by atoms with Gasteiger partial charge in [-0.3, -0.25) is 10.1 Å². The second-order valence-corrected chi connectivity index (χ2v) is 5.73. The maximum absolute atomic E-state index is 12.0.